The molecule has 1 saturated heterocycles. The molecule has 1 amide bonds. The summed E-state index contributed by atoms with van der Waals surface area (Å²) in [6.07, 6.45) is 0.968. The molecule has 64 valence electrons. The molecule has 0 aromatic carbocycles. The van der Waals surface area contributed by atoms with Crippen molar-refractivity contribution in [3.8, 4) is 0 Å². The van der Waals surface area contributed by atoms with Crippen molar-refractivity contribution in [3.05, 3.63) is 0 Å². The second-order valence-corrected chi connectivity index (χ2v) is 3.00. The number of carbonyl (C=O) groups is 1. The first-order valence-corrected chi connectivity index (χ1v) is 3.90. The average molecular weight is 157 g/mol. The first-order chi connectivity index (χ1) is 5.15. The third-order valence-corrected chi connectivity index (χ3v) is 2.20. The molecule has 0 aromatic rings. The number of amides is 1. The van der Waals surface area contributed by atoms with Gasteiger partial charge in [0.25, 0.3) is 0 Å². The molecular weight excluding hydrogens is 142 g/mol. The lowest BCUT2D eigenvalue weighted by Crippen LogP contribution is -2.56. The van der Waals surface area contributed by atoms with Gasteiger partial charge in [-0.2, -0.15) is 0 Å². The second-order valence-electron chi connectivity index (χ2n) is 3.00. The predicted octanol–water partition coefficient (Wildman–Crippen LogP) is -0.587. The largest absolute Gasteiger partial charge is 0.340 e. The Morgan fingerprint density at radius 2 is 2.36 bits per heavy atom. The summed E-state index contributed by atoms with van der Waals surface area (Å²) in [5.74, 6) is 5.66. The Bertz CT molecular complexity index is 160. The third kappa shape index (κ3) is 1.70. The van der Waals surface area contributed by atoms with Crippen LogP contribution in [0.5, 0.6) is 0 Å². The normalized spacial score (nSPS) is 27.7. The van der Waals surface area contributed by atoms with E-state index in [9.17, 15) is 4.79 Å². The van der Waals surface area contributed by atoms with Gasteiger partial charge in [0.15, 0.2) is 0 Å². The molecule has 1 aliphatic rings. The lowest BCUT2D eigenvalue weighted by atomic mass is 10.1. The highest BCUT2D eigenvalue weighted by molar-refractivity contribution is 5.79. The molecule has 2 N–H and O–H groups in total. The van der Waals surface area contributed by atoms with Gasteiger partial charge in [0.05, 0.1) is 6.54 Å². The lowest BCUT2D eigenvalue weighted by molar-refractivity contribution is -0.138. The van der Waals surface area contributed by atoms with Gasteiger partial charge in [-0.3, -0.25) is 10.6 Å². The highest BCUT2D eigenvalue weighted by Crippen LogP contribution is 2.08. The Morgan fingerprint density at radius 3 is 2.91 bits per heavy atom. The van der Waals surface area contributed by atoms with E-state index in [0.717, 1.165) is 13.0 Å². The monoisotopic (exact) mass is 157 g/mol. The van der Waals surface area contributed by atoms with E-state index in [-0.39, 0.29) is 5.91 Å². The first-order valence-electron chi connectivity index (χ1n) is 3.90. The standard InChI is InChI=1S/C7H15N3O/c1-3-6-4-10(8)5-7(11)9(6)2/h6H,3-5,8H2,1-2H3. The van der Waals surface area contributed by atoms with Crippen LogP contribution in [0, 0.1) is 0 Å². The second kappa shape index (κ2) is 3.19. The maximum Gasteiger partial charge on any atom is 0.238 e. The van der Waals surface area contributed by atoms with E-state index in [1.165, 1.54) is 0 Å². The van der Waals surface area contributed by atoms with Gasteiger partial charge in [-0.25, -0.2) is 5.01 Å². The molecule has 0 aliphatic carbocycles. The zero-order valence-electron chi connectivity index (χ0n) is 7.08. The Morgan fingerprint density at radius 1 is 1.73 bits per heavy atom. The minimum Gasteiger partial charge on any atom is -0.340 e. The van der Waals surface area contributed by atoms with E-state index < -0.39 is 0 Å². The molecule has 1 unspecified atom stereocenters. The van der Waals surface area contributed by atoms with E-state index in [0.29, 0.717) is 12.6 Å². The molecule has 11 heavy (non-hydrogen) atoms. The van der Waals surface area contributed by atoms with Crippen LogP contribution >= 0.6 is 0 Å². The van der Waals surface area contributed by atoms with E-state index in [2.05, 4.69) is 6.92 Å². The van der Waals surface area contributed by atoms with Gasteiger partial charge in [0, 0.05) is 19.6 Å². The summed E-state index contributed by atoms with van der Waals surface area (Å²) in [6.45, 7) is 3.21. The fourth-order valence-corrected chi connectivity index (χ4v) is 1.35. The number of rotatable bonds is 1. The van der Waals surface area contributed by atoms with Crippen LogP contribution in [-0.2, 0) is 4.79 Å². The molecule has 0 spiro atoms. The van der Waals surface area contributed by atoms with Crippen LogP contribution in [0.2, 0.25) is 0 Å². The quantitative estimate of drug-likeness (QED) is 0.518. The molecule has 1 heterocycles. The molecule has 0 bridgehead atoms. The zero-order valence-corrected chi connectivity index (χ0v) is 7.08. The molecular formula is C7H15N3O. The molecule has 0 aromatic heterocycles. The van der Waals surface area contributed by atoms with Crippen molar-refractivity contribution < 1.29 is 4.79 Å². The number of hydrazine groups is 1. The van der Waals surface area contributed by atoms with Gasteiger partial charge in [0.1, 0.15) is 0 Å². The minimum absolute atomic E-state index is 0.116. The van der Waals surface area contributed by atoms with Crippen molar-refractivity contribution in [3.63, 3.8) is 0 Å². The average Bonchev–Trinajstić information content (AvgIpc) is 1.96. The van der Waals surface area contributed by atoms with Gasteiger partial charge < -0.3 is 4.90 Å². The SMILES string of the molecule is CCC1CN(N)CC(=O)N1C. The summed E-state index contributed by atoms with van der Waals surface area (Å²) in [5, 5.41) is 1.58. The molecule has 1 aliphatic heterocycles. The van der Waals surface area contributed by atoms with Crippen LogP contribution in [0.4, 0.5) is 0 Å². The highest BCUT2D eigenvalue weighted by Gasteiger charge is 2.26. The van der Waals surface area contributed by atoms with Gasteiger partial charge in [-0.1, -0.05) is 6.92 Å². The van der Waals surface area contributed by atoms with Crippen LogP contribution in [0.3, 0.4) is 0 Å². The number of hydrogen-bond donors (Lipinski definition) is 1. The number of nitrogens with two attached hydrogens (primary N) is 1. The van der Waals surface area contributed by atoms with Gasteiger partial charge >= 0.3 is 0 Å². The molecule has 1 fully saturated rings. The fraction of sp³-hybridized carbons (Fsp3) is 0.857. The smallest absolute Gasteiger partial charge is 0.238 e. The number of carbonyl (C=O) groups excluding carboxylic acids is 1. The molecule has 4 nitrogen and oxygen atoms in total. The van der Waals surface area contributed by atoms with Crippen molar-refractivity contribution in [1.82, 2.24) is 9.91 Å². The van der Waals surface area contributed by atoms with Crippen molar-refractivity contribution in [2.75, 3.05) is 20.1 Å². The van der Waals surface area contributed by atoms with Crippen molar-refractivity contribution >= 4 is 5.91 Å². The van der Waals surface area contributed by atoms with Crippen molar-refractivity contribution in [1.29, 1.82) is 0 Å². The molecule has 0 radical (unpaired) electrons. The Hall–Kier alpha value is -0.610. The molecule has 1 atom stereocenters. The van der Waals surface area contributed by atoms with Crippen molar-refractivity contribution in [2.45, 2.75) is 19.4 Å². The predicted molar refractivity (Wildman–Crippen MR) is 42.6 cm³/mol. The number of nitrogens with zero attached hydrogens (tertiary/aromatic N) is 2. The van der Waals surface area contributed by atoms with Gasteiger partial charge in [-0.05, 0) is 6.42 Å². The molecule has 1 rings (SSSR count). The maximum absolute atomic E-state index is 11.2. The minimum atomic E-state index is 0.116. The van der Waals surface area contributed by atoms with Crippen LogP contribution in [0.1, 0.15) is 13.3 Å². The fourth-order valence-electron chi connectivity index (χ4n) is 1.35. The third-order valence-electron chi connectivity index (χ3n) is 2.20. The van der Waals surface area contributed by atoms with E-state index in [1.807, 2.05) is 7.05 Å². The number of piperazine rings is 1. The Labute approximate surface area is 66.9 Å². The lowest BCUT2D eigenvalue weighted by Gasteiger charge is -2.36. The molecule has 0 saturated carbocycles. The van der Waals surface area contributed by atoms with Crippen LogP contribution < -0.4 is 5.84 Å². The van der Waals surface area contributed by atoms with Crippen LogP contribution in [-0.4, -0.2) is 42.0 Å². The summed E-state index contributed by atoms with van der Waals surface area (Å²) in [5.41, 5.74) is 0. The topological polar surface area (TPSA) is 49.6 Å². The van der Waals surface area contributed by atoms with Gasteiger partial charge in [0.2, 0.25) is 5.91 Å². The zero-order chi connectivity index (χ0) is 8.43. The highest BCUT2D eigenvalue weighted by atomic mass is 16.2. The Balaban J connectivity index is 2.58. The number of hydrogen-bond acceptors (Lipinski definition) is 3. The van der Waals surface area contributed by atoms with E-state index in [4.69, 9.17) is 5.84 Å². The van der Waals surface area contributed by atoms with Crippen LogP contribution in [0.25, 0.3) is 0 Å². The summed E-state index contributed by atoms with van der Waals surface area (Å²) >= 11 is 0. The van der Waals surface area contributed by atoms with E-state index in [1.54, 1.807) is 9.91 Å². The molecule has 4 heteroatoms. The first kappa shape index (κ1) is 8.49. The van der Waals surface area contributed by atoms with Gasteiger partial charge in [-0.15, -0.1) is 0 Å². The number of likely N-dealkylation sites (N-methyl/N-ethyl adjacent to an activating group) is 1. The maximum atomic E-state index is 11.2. The van der Waals surface area contributed by atoms with Crippen molar-refractivity contribution in [2.24, 2.45) is 5.84 Å². The van der Waals surface area contributed by atoms with E-state index >= 15 is 0 Å². The Kier molecular flexibility index (Phi) is 2.46. The summed E-state index contributed by atoms with van der Waals surface area (Å²) < 4.78 is 0. The summed E-state index contributed by atoms with van der Waals surface area (Å²) in [6, 6.07) is 0.293. The summed E-state index contributed by atoms with van der Waals surface area (Å²) in [7, 11) is 1.84. The summed E-state index contributed by atoms with van der Waals surface area (Å²) in [4.78, 5) is 13.0. The van der Waals surface area contributed by atoms with Crippen LogP contribution in [0.15, 0.2) is 0 Å².